The van der Waals surface area contributed by atoms with E-state index >= 15 is 0 Å². The fourth-order valence-corrected chi connectivity index (χ4v) is 1.80. The van der Waals surface area contributed by atoms with E-state index in [-0.39, 0.29) is 0 Å². The summed E-state index contributed by atoms with van der Waals surface area (Å²) in [6.45, 7) is 0. The van der Waals surface area contributed by atoms with E-state index in [0.29, 0.717) is 6.07 Å². The van der Waals surface area contributed by atoms with Gasteiger partial charge in [0.05, 0.1) is 0 Å². The van der Waals surface area contributed by atoms with E-state index < -0.39 is 40.8 Å². The first-order chi connectivity index (χ1) is 8.97. The van der Waals surface area contributed by atoms with Crippen LogP contribution >= 0.6 is 11.6 Å². The number of rotatable bonds is 1. The molecule has 0 aliphatic carbocycles. The first-order valence-electron chi connectivity index (χ1n) is 4.96. The summed E-state index contributed by atoms with van der Waals surface area (Å²) in [5.41, 5.74) is 0. The second-order valence-corrected chi connectivity index (χ2v) is 4.34. The molecule has 1 aromatic rings. The summed E-state index contributed by atoms with van der Waals surface area (Å²) >= 11 is 4.88. The molecular weight excluding hydrogens is 318 g/mol. The maximum Gasteiger partial charge on any atom is 0.470 e. The molecule has 0 spiro atoms. The van der Waals surface area contributed by atoms with Gasteiger partial charge in [-0.25, -0.2) is 0 Å². The highest BCUT2D eigenvalue weighted by molar-refractivity contribution is 6.22. The minimum atomic E-state index is -5.55. The van der Waals surface area contributed by atoms with Gasteiger partial charge in [-0.05, 0) is 12.1 Å². The normalized spacial score (nSPS) is 23.8. The van der Waals surface area contributed by atoms with Crippen molar-refractivity contribution >= 4 is 11.6 Å². The third kappa shape index (κ3) is 2.19. The molecule has 1 aromatic carbocycles. The number of hydrogen-bond donors (Lipinski definition) is 1. The molecule has 0 bridgehead atoms. The Kier molecular flexibility index (Phi) is 3.16. The van der Waals surface area contributed by atoms with Gasteiger partial charge in [-0.1, -0.05) is 0 Å². The van der Waals surface area contributed by atoms with Crippen LogP contribution in [-0.2, 0) is 0 Å². The van der Waals surface area contributed by atoms with Crippen molar-refractivity contribution in [2.45, 2.75) is 23.5 Å². The highest BCUT2D eigenvalue weighted by Crippen LogP contribution is 2.53. The minimum absolute atomic E-state index is 0.497. The molecule has 10 heteroatoms. The molecule has 2 rings (SSSR count). The number of fused-ring (bicyclic) bond motifs is 1. The van der Waals surface area contributed by atoms with Crippen molar-refractivity contribution in [3.63, 3.8) is 0 Å². The summed E-state index contributed by atoms with van der Waals surface area (Å²) in [6, 6.07) is 2.48. The molecule has 0 aromatic heterocycles. The van der Waals surface area contributed by atoms with Crippen LogP contribution in [0.15, 0.2) is 18.2 Å². The van der Waals surface area contributed by atoms with Gasteiger partial charge in [0.2, 0.25) is 5.38 Å². The molecule has 1 aliphatic rings. The highest BCUT2D eigenvalue weighted by Gasteiger charge is 2.74. The Morgan fingerprint density at radius 1 is 1.05 bits per heavy atom. The average Bonchev–Trinajstić information content (AvgIpc) is 2.65. The van der Waals surface area contributed by atoms with Crippen LogP contribution in [0.2, 0.25) is 0 Å². The topological polar surface area (TPSA) is 38.7 Å². The Morgan fingerprint density at radius 2 is 1.60 bits per heavy atom. The Hall–Kier alpha value is -1.51. The Morgan fingerprint density at radius 3 is 2.10 bits per heavy atom. The largest absolute Gasteiger partial charge is 0.508 e. The quantitative estimate of drug-likeness (QED) is 0.634. The summed E-state index contributed by atoms with van der Waals surface area (Å²) in [6.07, 6.45) is -11.0. The Labute approximate surface area is 112 Å². The van der Waals surface area contributed by atoms with E-state index in [0.717, 1.165) is 12.1 Å². The third-order valence-electron chi connectivity index (χ3n) is 2.47. The molecule has 112 valence electrons. The molecule has 1 aliphatic heterocycles. The smallest absolute Gasteiger partial charge is 0.470 e. The third-order valence-corrected chi connectivity index (χ3v) is 3.00. The molecule has 3 nitrogen and oxygen atoms in total. The fraction of sp³-hybridized carbons (Fsp3) is 0.400. The molecule has 20 heavy (non-hydrogen) atoms. The SMILES string of the molecule is Oc1ccc2c(c1)OC(C(Cl)C(F)(F)F)(C(F)(F)F)O2. The summed E-state index contributed by atoms with van der Waals surface area (Å²) in [7, 11) is 0. The van der Waals surface area contributed by atoms with Gasteiger partial charge in [0.1, 0.15) is 5.75 Å². The van der Waals surface area contributed by atoms with E-state index in [2.05, 4.69) is 9.47 Å². The molecule has 1 heterocycles. The first-order valence-corrected chi connectivity index (χ1v) is 5.39. The van der Waals surface area contributed by atoms with Crippen LogP contribution in [0.5, 0.6) is 17.2 Å². The summed E-state index contributed by atoms with van der Waals surface area (Å²) in [5.74, 6) is -5.88. The number of halogens is 7. The predicted molar refractivity (Wildman–Crippen MR) is 53.8 cm³/mol. The molecular formula is C10H5ClF6O3. The van der Waals surface area contributed by atoms with Crippen LogP contribution in [0, 0.1) is 0 Å². The molecule has 2 atom stereocenters. The van der Waals surface area contributed by atoms with Crippen LogP contribution in [0.25, 0.3) is 0 Å². The van der Waals surface area contributed by atoms with Gasteiger partial charge in [-0.15, -0.1) is 11.6 Å². The maximum atomic E-state index is 13.0. The van der Waals surface area contributed by atoms with Crippen molar-refractivity contribution in [2.75, 3.05) is 0 Å². The van der Waals surface area contributed by atoms with Crippen LogP contribution in [0.4, 0.5) is 26.3 Å². The lowest BCUT2D eigenvalue weighted by Crippen LogP contribution is -2.63. The lowest BCUT2D eigenvalue weighted by Gasteiger charge is -2.33. The maximum absolute atomic E-state index is 13.0. The van der Waals surface area contributed by atoms with Crippen LogP contribution in [-0.4, -0.2) is 28.6 Å². The molecule has 0 saturated heterocycles. The van der Waals surface area contributed by atoms with Gasteiger partial charge in [0.15, 0.2) is 11.5 Å². The second-order valence-electron chi connectivity index (χ2n) is 3.90. The zero-order valence-corrected chi connectivity index (χ0v) is 9.97. The van der Waals surface area contributed by atoms with Crippen molar-refractivity contribution in [1.82, 2.24) is 0 Å². The fourth-order valence-electron chi connectivity index (χ4n) is 1.59. The number of aromatic hydroxyl groups is 1. The van der Waals surface area contributed by atoms with E-state index in [4.69, 9.17) is 16.7 Å². The number of phenolic OH excluding ortho intramolecular Hbond substituents is 1. The lowest BCUT2D eigenvalue weighted by molar-refractivity contribution is -0.334. The van der Waals surface area contributed by atoms with Gasteiger partial charge >= 0.3 is 18.1 Å². The van der Waals surface area contributed by atoms with Crippen LogP contribution in [0.1, 0.15) is 0 Å². The monoisotopic (exact) mass is 322 g/mol. The van der Waals surface area contributed by atoms with Crippen molar-refractivity contribution in [3.05, 3.63) is 18.2 Å². The van der Waals surface area contributed by atoms with Gasteiger partial charge in [-0.2, -0.15) is 26.3 Å². The predicted octanol–water partition coefficient (Wildman–Crippen LogP) is 3.59. The number of benzene rings is 1. The van der Waals surface area contributed by atoms with Gasteiger partial charge in [0, 0.05) is 6.07 Å². The van der Waals surface area contributed by atoms with Crippen LogP contribution in [0.3, 0.4) is 0 Å². The Bertz CT molecular complexity index is 529. The molecule has 0 saturated carbocycles. The van der Waals surface area contributed by atoms with E-state index in [9.17, 15) is 26.3 Å². The van der Waals surface area contributed by atoms with Crippen LogP contribution < -0.4 is 9.47 Å². The zero-order chi connectivity index (χ0) is 15.3. The molecule has 0 radical (unpaired) electrons. The van der Waals surface area contributed by atoms with E-state index in [1.54, 1.807) is 0 Å². The summed E-state index contributed by atoms with van der Waals surface area (Å²) in [4.78, 5) is 0. The van der Waals surface area contributed by atoms with Gasteiger partial charge in [0.25, 0.3) is 0 Å². The van der Waals surface area contributed by atoms with Crippen molar-refractivity contribution in [2.24, 2.45) is 0 Å². The molecule has 2 unspecified atom stereocenters. The number of ether oxygens (including phenoxy) is 2. The molecule has 0 amide bonds. The summed E-state index contributed by atoms with van der Waals surface area (Å²) < 4.78 is 85.1. The standard InChI is InChI=1S/C10H5ClF6O3/c11-7(9(12,13)14)8(10(15,16)17)19-5-2-1-4(18)3-6(5)20-8/h1-3,7,18H. The van der Waals surface area contributed by atoms with Crippen molar-refractivity contribution in [1.29, 1.82) is 0 Å². The minimum Gasteiger partial charge on any atom is -0.508 e. The zero-order valence-electron chi connectivity index (χ0n) is 9.22. The molecule has 0 fully saturated rings. The number of phenols is 1. The first kappa shape index (κ1) is 14.9. The lowest BCUT2D eigenvalue weighted by atomic mass is 10.1. The second kappa shape index (κ2) is 4.24. The van der Waals surface area contributed by atoms with Crippen molar-refractivity contribution < 1.29 is 40.9 Å². The molecule has 1 N–H and O–H groups in total. The van der Waals surface area contributed by atoms with Gasteiger partial charge < -0.3 is 14.6 Å². The van der Waals surface area contributed by atoms with E-state index in [1.807, 2.05) is 0 Å². The average molecular weight is 323 g/mol. The Balaban J connectivity index is 2.49. The van der Waals surface area contributed by atoms with E-state index in [1.165, 1.54) is 0 Å². The number of alkyl halides is 7. The highest BCUT2D eigenvalue weighted by atomic mass is 35.5. The van der Waals surface area contributed by atoms with Gasteiger partial charge in [-0.3, -0.25) is 0 Å². The van der Waals surface area contributed by atoms with Crippen molar-refractivity contribution in [3.8, 4) is 17.2 Å². The number of hydrogen-bond acceptors (Lipinski definition) is 3. The summed E-state index contributed by atoms with van der Waals surface area (Å²) in [5, 5.41) is 5.61.